The maximum absolute atomic E-state index is 5.66. The van der Waals surface area contributed by atoms with Crippen LogP contribution in [0.2, 0.25) is 0 Å². The molecule has 0 aliphatic rings. The molecular weight excluding hydrogens is 248 g/mol. The molecule has 3 nitrogen and oxygen atoms in total. The van der Waals surface area contributed by atoms with Crippen LogP contribution in [0.3, 0.4) is 0 Å². The van der Waals surface area contributed by atoms with Crippen molar-refractivity contribution in [2.45, 2.75) is 40.2 Å². The summed E-state index contributed by atoms with van der Waals surface area (Å²) in [5, 5.41) is 3.51. The number of nitrogens with one attached hydrogen (secondary N) is 2. The third-order valence-corrected chi connectivity index (χ3v) is 3.67. The van der Waals surface area contributed by atoms with E-state index in [2.05, 4.69) is 50.4 Å². The zero-order valence-electron chi connectivity index (χ0n) is 13.4. The second-order valence-electron chi connectivity index (χ2n) is 5.23. The predicted molar refractivity (Wildman–Crippen MR) is 85.5 cm³/mol. The van der Waals surface area contributed by atoms with Crippen molar-refractivity contribution in [1.82, 2.24) is 5.32 Å². The molecular formula is C17H31N2O+. The van der Waals surface area contributed by atoms with Crippen LogP contribution in [0.4, 0.5) is 0 Å². The smallest absolute Gasteiger partial charge is 0.119 e. The standard InChI is InChI=1S/C17H30N2O/c1-4-7-14-20-17-10-8-16(9-11-17)15-18-12-13-19(5-2)6-3/h8-11,18H,4-7,12-15H2,1-3H3/p+1. The molecule has 0 saturated heterocycles. The Bertz CT molecular complexity index is 333. The summed E-state index contributed by atoms with van der Waals surface area (Å²) in [5.41, 5.74) is 1.32. The van der Waals surface area contributed by atoms with Crippen LogP contribution in [0.25, 0.3) is 0 Å². The van der Waals surface area contributed by atoms with Crippen LogP contribution in [0.5, 0.6) is 5.75 Å². The number of rotatable bonds is 11. The van der Waals surface area contributed by atoms with Gasteiger partial charge in [-0.2, -0.15) is 0 Å². The lowest BCUT2D eigenvalue weighted by Crippen LogP contribution is -3.12. The molecule has 1 aromatic carbocycles. The molecule has 0 radical (unpaired) electrons. The van der Waals surface area contributed by atoms with Crippen molar-refractivity contribution in [1.29, 1.82) is 0 Å². The lowest BCUT2D eigenvalue weighted by molar-refractivity contribution is -0.895. The summed E-state index contributed by atoms with van der Waals surface area (Å²) in [6.07, 6.45) is 2.30. The number of hydrogen-bond donors (Lipinski definition) is 2. The van der Waals surface area contributed by atoms with Crippen LogP contribution in [0.1, 0.15) is 39.2 Å². The van der Waals surface area contributed by atoms with Crippen LogP contribution in [-0.2, 0) is 6.54 Å². The van der Waals surface area contributed by atoms with Gasteiger partial charge >= 0.3 is 0 Å². The van der Waals surface area contributed by atoms with Crippen molar-refractivity contribution >= 4 is 0 Å². The van der Waals surface area contributed by atoms with E-state index in [1.807, 2.05) is 0 Å². The molecule has 20 heavy (non-hydrogen) atoms. The summed E-state index contributed by atoms with van der Waals surface area (Å²) >= 11 is 0. The number of benzene rings is 1. The number of quaternary nitrogens is 1. The fourth-order valence-electron chi connectivity index (χ4n) is 2.14. The Kier molecular flexibility index (Phi) is 9.09. The molecule has 114 valence electrons. The average molecular weight is 279 g/mol. The van der Waals surface area contributed by atoms with E-state index >= 15 is 0 Å². The first-order chi connectivity index (χ1) is 9.80. The topological polar surface area (TPSA) is 25.7 Å². The van der Waals surface area contributed by atoms with Gasteiger partial charge in [0.25, 0.3) is 0 Å². The van der Waals surface area contributed by atoms with Crippen LogP contribution in [-0.4, -0.2) is 32.8 Å². The summed E-state index contributed by atoms with van der Waals surface area (Å²) in [6.45, 7) is 13.1. The van der Waals surface area contributed by atoms with E-state index in [0.717, 1.165) is 31.9 Å². The summed E-state index contributed by atoms with van der Waals surface area (Å²) in [7, 11) is 0. The van der Waals surface area contributed by atoms with Crippen molar-refractivity contribution in [3.63, 3.8) is 0 Å². The lowest BCUT2D eigenvalue weighted by Gasteiger charge is -2.15. The van der Waals surface area contributed by atoms with Gasteiger partial charge in [0.2, 0.25) is 0 Å². The van der Waals surface area contributed by atoms with E-state index in [-0.39, 0.29) is 0 Å². The Hall–Kier alpha value is -1.06. The molecule has 2 N–H and O–H groups in total. The quantitative estimate of drug-likeness (QED) is 0.605. The van der Waals surface area contributed by atoms with E-state index in [0.29, 0.717) is 0 Å². The largest absolute Gasteiger partial charge is 0.494 e. The molecule has 0 atom stereocenters. The second-order valence-corrected chi connectivity index (χ2v) is 5.23. The van der Waals surface area contributed by atoms with Crippen LogP contribution >= 0.6 is 0 Å². The minimum atomic E-state index is 0.820. The van der Waals surface area contributed by atoms with E-state index < -0.39 is 0 Å². The third kappa shape index (κ3) is 6.92. The average Bonchev–Trinajstić information content (AvgIpc) is 2.49. The highest BCUT2D eigenvalue weighted by Gasteiger charge is 2.01. The fraction of sp³-hybridized carbons (Fsp3) is 0.647. The molecule has 0 aliphatic carbocycles. The highest BCUT2D eigenvalue weighted by molar-refractivity contribution is 5.27. The molecule has 0 heterocycles. The van der Waals surface area contributed by atoms with Crippen molar-refractivity contribution < 1.29 is 9.64 Å². The van der Waals surface area contributed by atoms with Crippen molar-refractivity contribution in [2.24, 2.45) is 0 Å². The lowest BCUT2D eigenvalue weighted by atomic mass is 10.2. The van der Waals surface area contributed by atoms with Crippen LogP contribution in [0.15, 0.2) is 24.3 Å². The zero-order valence-corrected chi connectivity index (χ0v) is 13.4. The highest BCUT2D eigenvalue weighted by Crippen LogP contribution is 2.12. The molecule has 0 aliphatic heterocycles. The van der Waals surface area contributed by atoms with Gasteiger partial charge < -0.3 is 15.0 Å². The van der Waals surface area contributed by atoms with E-state index in [4.69, 9.17) is 4.74 Å². The summed E-state index contributed by atoms with van der Waals surface area (Å²) in [5.74, 6) is 0.981. The molecule has 0 amide bonds. The zero-order chi connectivity index (χ0) is 14.6. The Morgan fingerprint density at radius 1 is 1.05 bits per heavy atom. The van der Waals surface area contributed by atoms with Gasteiger partial charge in [-0.25, -0.2) is 0 Å². The number of ether oxygens (including phenoxy) is 1. The molecule has 1 aromatic rings. The second kappa shape index (κ2) is 10.7. The van der Waals surface area contributed by atoms with Gasteiger partial charge in [0, 0.05) is 13.1 Å². The molecule has 0 spiro atoms. The SMILES string of the molecule is CCCCOc1ccc(CNCC[NH+](CC)CC)cc1. The van der Waals surface area contributed by atoms with Gasteiger partial charge in [0.15, 0.2) is 0 Å². The number of unbranched alkanes of at least 4 members (excludes halogenated alkanes) is 1. The van der Waals surface area contributed by atoms with Gasteiger partial charge in [0.05, 0.1) is 26.2 Å². The summed E-state index contributed by atoms with van der Waals surface area (Å²) in [4.78, 5) is 1.65. The predicted octanol–water partition coefficient (Wildman–Crippen LogP) is 1.88. The Balaban J connectivity index is 2.21. The van der Waals surface area contributed by atoms with Gasteiger partial charge in [-0.05, 0) is 38.0 Å². The molecule has 0 saturated carbocycles. The normalized spacial score (nSPS) is 11.0. The molecule has 0 bridgehead atoms. The summed E-state index contributed by atoms with van der Waals surface area (Å²) in [6, 6.07) is 8.45. The van der Waals surface area contributed by atoms with Gasteiger partial charge in [0.1, 0.15) is 5.75 Å². The van der Waals surface area contributed by atoms with Gasteiger partial charge in [-0.3, -0.25) is 0 Å². The number of likely N-dealkylation sites (N-methyl/N-ethyl adjacent to an activating group) is 1. The van der Waals surface area contributed by atoms with E-state index in [9.17, 15) is 0 Å². The molecule has 0 unspecified atom stereocenters. The van der Waals surface area contributed by atoms with Crippen LogP contribution in [0, 0.1) is 0 Å². The first-order valence-electron chi connectivity index (χ1n) is 8.06. The Morgan fingerprint density at radius 2 is 1.75 bits per heavy atom. The van der Waals surface area contributed by atoms with Gasteiger partial charge in [-0.15, -0.1) is 0 Å². The molecule has 3 heteroatoms. The molecule has 0 aromatic heterocycles. The Morgan fingerprint density at radius 3 is 2.35 bits per heavy atom. The Labute approximate surface area is 124 Å². The first-order valence-corrected chi connectivity index (χ1v) is 8.06. The minimum absolute atomic E-state index is 0.820. The van der Waals surface area contributed by atoms with Crippen molar-refractivity contribution in [3.05, 3.63) is 29.8 Å². The van der Waals surface area contributed by atoms with Crippen molar-refractivity contribution in [3.8, 4) is 5.75 Å². The van der Waals surface area contributed by atoms with Crippen LogP contribution < -0.4 is 15.0 Å². The maximum Gasteiger partial charge on any atom is 0.119 e. The summed E-state index contributed by atoms with van der Waals surface area (Å²) < 4.78 is 5.66. The first kappa shape index (κ1) is 17.0. The van der Waals surface area contributed by atoms with Gasteiger partial charge in [-0.1, -0.05) is 25.5 Å². The minimum Gasteiger partial charge on any atom is -0.494 e. The fourth-order valence-corrected chi connectivity index (χ4v) is 2.14. The monoisotopic (exact) mass is 279 g/mol. The molecule has 1 rings (SSSR count). The maximum atomic E-state index is 5.66. The highest BCUT2D eigenvalue weighted by atomic mass is 16.5. The van der Waals surface area contributed by atoms with E-state index in [1.165, 1.54) is 31.6 Å². The third-order valence-electron chi connectivity index (χ3n) is 3.67. The van der Waals surface area contributed by atoms with E-state index in [1.54, 1.807) is 4.90 Å². The molecule has 0 fully saturated rings. The number of hydrogen-bond acceptors (Lipinski definition) is 2. The van der Waals surface area contributed by atoms with Crippen molar-refractivity contribution in [2.75, 3.05) is 32.8 Å².